The van der Waals surface area contributed by atoms with Crippen molar-refractivity contribution in [3.8, 4) is 0 Å². The van der Waals surface area contributed by atoms with Gasteiger partial charge < -0.3 is 9.67 Å². The lowest BCUT2D eigenvalue weighted by molar-refractivity contribution is -0.386. The molecule has 0 amide bonds. The Labute approximate surface area is 98.7 Å². The predicted molar refractivity (Wildman–Crippen MR) is 62.9 cm³/mol. The number of rotatable bonds is 7. The van der Waals surface area contributed by atoms with Crippen LogP contribution in [0.15, 0.2) is 23.1 Å². The molecule has 17 heavy (non-hydrogen) atoms. The SMILES string of the molecule is O=c1c([N+](=O)[O-])cccn1CCCCCCO. The van der Waals surface area contributed by atoms with Crippen LogP contribution in [-0.4, -0.2) is 21.2 Å². The van der Waals surface area contributed by atoms with Crippen LogP contribution in [0.25, 0.3) is 0 Å². The van der Waals surface area contributed by atoms with Crippen LogP contribution >= 0.6 is 0 Å². The highest BCUT2D eigenvalue weighted by Crippen LogP contribution is 2.04. The zero-order valence-corrected chi connectivity index (χ0v) is 9.54. The topological polar surface area (TPSA) is 85.4 Å². The second-order valence-corrected chi connectivity index (χ2v) is 3.79. The summed E-state index contributed by atoms with van der Waals surface area (Å²) >= 11 is 0. The van der Waals surface area contributed by atoms with E-state index >= 15 is 0 Å². The maximum absolute atomic E-state index is 11.6. The van der Waals surface area contributed by atoms with Crippen LogP contribution in [0.3, 0.4) is 0 Å². The van der Waals surface area contributed by atoms with Crippen molar-refractivity contribution < 1.29 is 10.0 Å². The van der Waals surface area contributed by atoms with Crippen molar-refractivity contribution in [2.45, 2.75) is 32.2 Å². The van der Waals surface area contributed by atoms with Crippen LogP contribution in [0.2, 0.25) is 0 Å². The molecule has 0 radical (unpaired) electrons. The number of pyridine rings is 1. The summed E-state index contributed by atoms with van der Waals surface area (Å²) in [5.74, 6) is 0. The zero-order chi connectivity index (χ0) is 12.7. The standard InChI is InChI=1S/C11H16N2O4/c14-9-4-2-1-3-7-12-8-5-6-10(11(12)15)13(16)17/h5-6,8,14H,1-4,7,9H2. The van der Waals surface area contributed by atoms with Gasteiger partial charge in [0.2, 0.25) is 0 Å². The molecule has 1 heterocycles. The minimum Gasteiger partial charge on any atom is -0.396 e. The van der Waals surface area contributed by atoms with Gasteiger partial charge in [-0.25, -0.2) is 0 Å². The fraction of sp³-hybridized carbons (Fsp3) is 0.545. The molecule has 0 aliphatic rings. The van der Waals surface area contributed by atoms with Gasteiger partial charge >= 0.3 is 11.2 Å². The van der Waals surface area contributed by atoms with E-state index in [4.69, 9.17) is 5.11 Å². The molecule has 0 saturated heterocycles. The number of hydrogen-bond donors (Lipinski definition) is 1. The molecular formula is C11H16N2O4. The van der Waals surface area contributed by atoms with Crippen molar-refractivity contribution >= 4 is 5.69 Å². The summed E-state index contributed by atoms with van der Waals surface area (Å²) in [4.78, 5) is 21.5. The first kappa shape index (κ1) is 13.4. The zero-order valence-electron chi connectivity index (χ0n) is 9.54. The van der Waals surface area contributed by atoms with Crippen molar-refractivity contribution in [3.05, 3.63) is 38.8 Å². The summed E-state index contributed by atoms with van der Waals surface area (Å²) in [5.41, 5.74) is -0.942. The lowest BCUT2D eigenvalue weighted by Crippen LogP contribution is -2.21. The van der Waals surface area contributed by atoms with E-state index in [1.165, 1.54) is 16.7 Å². The highest BCUT2D eigenvalue weighted by Gasteiger charge is 2.12. The number of aliphatic hydroxyl groups excluding tert-OH is 1. The largest absolute Gasteiger partial charge is 0.396 e. The minimum atomic E-state index is -0.662. The van der Waals surface area contributed by atoms with Gasteiger partial charge in [0.25, 0.3) is 0 Å². The van der Waals surface area contributed by atoms with E-state index in [2.05, 4.69) is 0 Å². The van der Waals surface area contributed by atoms with Crippen LogP contribution in [0, 0.1) is 10.1 Å². The van der Waals surface area contributed by atoms with Gasteiger partial charge in [-0.05, 0) is 18.9 Å². The first-order chi connectivity index (χ1) is 8.16. The van der Waals surface area contributed by atoms with Crippen molar-refractivity contribution in [1.82, 2.24) is 4.57 Å². The monoisotopic (exact) mass is 240 g/mol. The highest BCUT2D eigenvalue weighted by molar-refractivity contribution is 5.24. The van der Waals surface area contributed by atoms with Crippen LogP contribution in [0.4, 0.5) is 5.69 Å². The molecule has 94 valence electrons. The Morgan fingerprint density at radius 3 is 2.65 bits per heavy atom. The van der Waals surface area contributed by atoms with Gasteiger partial charge in [-0.2, -0.15) is 0 Å². The summed E-state index contributed by atoms with van der Waals surface area (Å²) in [6, 6.07) is 2.72. The van der Waals surface area contributed by atoms with E-state index < -0.39 is 10.5 Å². The summed E-state index contributed by atoms with van der Waals surface area (Å²) in [7, 11) is 0. The third-order valence-electron chi connectivity index (χ3n) is 2.50. The third-order valence-corrected chi connectivity index (χ3v) is 2.50. The molecule has 0 bridgehead atoms. The number of hydrogen-bond acceptors (Lipinski definition) is 4. The van der Waals surface area contributed by atoms with Gasteiger partial charge in [0.1, 0.15) is 0 Å². The van der Waals surface area contributed by atoms with Gasteiger partial charge in [0.05, 0.1) is 4.92 Å². The van der Waals surface area contributed by atoms with E-state index in [0.717, 1.165) is 25.7 Å². The number of aliphatic hydroxyl groups is 1. The molecule has 6 heteroatoms. The van der Waals surface area contributed by atoms with Gasteiger partial charge in [-0.1, -0.05) is 12.8 Å². The first-order valence-corrected chi connectivity index (χ1v) is 5.61. The molecule has 0 unspecified atom stereocenters. The second kappa shape index (κ2) is 6.80. The Hall–Kier alpha value is -1.69. The summed E-state index contributed by atoms with van der Waals surface area (Å²) in [6.45, 7) is 0.655. The predicted octanol–water partition coefficient (Wildman–Crippen LogP) is 1.31. The Morgan fingerprint density at radius 1 is 1.29 bits per heavy atom. The van der Waals surface area contributed by atoms with Gasteiger partial charge in [-0.3, -0.25) is 14.9 Å². The molecule has 1 rings (SSSR count). The van der Waals surface area contributed by atoms with Crippen LogP contribution in [0.1, 0.15) is 25.7 Å². The molecule has 0 aromatic carbocycles. The van der Waals surface area contributed by atoms with Crippen molar-refractivity contribution in [3.63, 3.8) is 0 Å². The summed E-state index contributed by atoms with van der Waals surface area (Å²) < 4.78 is 1.36. The van der Waals surface area contributed by atoms with Gasteiger partial charge in [0.15, 0.2) is 0 Å². The van der Waals surface area contributed by atoms with Crippen molar-refractivity contribution in [2.24, 2.45) is 0 Å². The average molecular weight is 240 g/mol. The Balaban J connectivity index is 2.57. The maximum Gasteiger partial charge on any atom is 0.334 e. The average Bonchev–Trinajstić information content (AvgIpc) is 2.30. The molecule has 1 N–H and O–H groups in total. The van der Waals surface area contributed by atoms with Crippen LogP contribution in [0.5, 0.6) is 0 Å². The maximum atomic E-state index is 11.6. The lowest BCUT2D eigenvalue weighted by atomic mass is 10.2. The highest BCUT2D eigenvalue weighted by atomic mass is 16.6. The van der Waals surface area contributed by atoms with E-state index in [0.29, 0.717) is 6.54 Å². The molecule has 0 fully saturated rings. The van der Waals surface area contributed by atoms with E-state index in [-0.39, 0.29) is 12.3 Å². The molecule has 1 aromatic heterocycles. The molecule has 1 aromatic rings. The van der Waals surface area contributed by atoms with E-state index in [9.17, 15) is 14.9 Å². The van der Waals surface area contributed by atoms with Gasteiger partial charge in [0, 0.05) is 25.4 Å². The molecule has 0 saturated carbocycles. The molecule has 0 aliphatic heterocycles. The number of nitro groups is 1. The molecule has 0 atom stereocenters. The molecule has 6 nitrogen and oxygen atoms in total. The molecule has 0 aliphatic carbocycles. The number of unbranched alkanes of at least 4 members (excludes halogenated alkanes) is 3. The second-order valence-electron chi connectivity index (χ2n) is 3.79. The minimum absolute atomic E-state index is 0.177. The van der Waals surface area contributed by atoms with Crippen LogP contribution < -0.4 is 5.56 Å². The third kappa shape index (κ3) is 3.99. The normalized spacial score (nSPS) is 10.4. The van der Waals surface area contributed by atoms with Crippen LogP contribution in [-0.2, 0) is 6.54 Å². The number of nitrogens with zero attached hydrogens (tertiary/aromatic N) is 2. The Bertz CT molecular complexity index is 428. The Morgan fingerprint density at radius 2 is 2.00 bits per heavy atom. The first-order valence-electron chi connectivity index (χ1n) is 5.61. The van der Waals surface area contributed by atoms with Gasteiger partial charge in [-0.15, -0.1) is 0 Å². The smallest absolute Gasteiger partial charge is 0.334 e. The summed E-state index contributed by atoms with van der Waals surface area (Å²) in [5, 5.41) is 19.1. The number of aryl methyl sites for hydroxylation is 1. The van der Waals surface area contributed by atoms with E-state index in [1.807, 2.05) is 0 Å². The van der Waals surface area contributed by atoms with Crippen molar-refractivity contribution in [1.29, 1.82) is 0 Å². The summed E-state index contributed by atoms with van der Waals surface area (Å²) in [6.07, 6.45) is 4.89. The Kier molecular flexibility index (Phi) is 5.35. The van der Waals surface area contributed by atoms with Crippen molar-refractivity contribution in [2.75, 3.05) is 6.61 Å². The quantitative estimate of drug-likeness (QED) is 0.442. The fourth-order valence-electron chi connectivity index (χ4n) is 1.59. The molecular weight excluding hydrogens is 224 g/mol. The lowest BCUT2D eigenvalue weighted by Gasteiger charge is -2.04. The van der Waals surface area contributed by atoms with E-state index in [1.54, 1.807) is 6.20 Å². The number of aromatic nitrogens is 1. The fourth-order valence-corrected chi connectivity index (χ4v) is 1.59. The molecule has 0 spiro atoms.